The molecule has 3 rings (SSSR count). The van der Waals surface area contributed by atoms with Gasteiger partial charge in [0.25, 0.3) is 0 Å². The number of aliphatic imine (C=N–C) groups is 1. The van der Waals surface area contributed by atoms with Gasteiger partial charge < -0.3 is 21.3 Å². The molecule has 1 saturated heterocycles. The monoisotopic (exact) mass is 426 g/mol. The number of piperazine rings is 1. The molecule has 4 N–H and O–H groups in total. The summed E-state index contributed by atoms with van der Waals surface area (Å²) in [5, 5.41) is 1.01. The van der Waals surface area contributed by atoms with Crippen molar-refractivity contribution in [3.63, 3.8) is 0 Å². The van der Waals surface area contributed by atoms with E-state index in [4.69, 9.17) is 34.7 Å². The maximum absolute atomic E-state index is 6.32. The highest BCUT2D eigenvalue weighted by Crippen LogP contribution is 2.41. The van der Waals surface area contributed by atoms with Crippen molar-refractivity contribution >= 4 is 40.9 Å². The standard InChI is InChI=1S/C18H24Cl2N6S/c1-12-16(27-14-5-3-4-13(19)15(14)20)17(22)23-18(24(12)2)26-10-8-25(7-6-21)9-11-26/h3-5H,1,6-11,21-22H2,2H3. The van der Waals surface area contributed by atoms with E-state index in [9.17, 15) is 0 Å². The van der Waals surface area contributed by atoms with Gasteiger partial charge in [0.05, 0.1) is 20.6 Å². The lowest BCUT2D eigenvalue weighted by Gasteiger charge is -2.40. The molecule has 0 radical (unpaired) electrons. The molecule has 1 fully saturated rings. The molecule has 9 heteroatoms. The number of halogens is 2. The topological polar surface area (TPSA) is 74.1 Å². The van der Waals surface area contributed by atoms with E-state index in [0.29, 0.717) is 22.4 Å². The van der Waals surface area contributed by atoms with Gasteiger partial charge in [0.1, 0.15) is 5.82 Å². The quantitative estimate of drug-likeness (QED) is 0.770. The van der Waals surface area contributed by atoms with Crippen LogP contribution in [0.15, 0.2) is 51.1 Å². The van der Waals surface area contributed by atoms with Crippen molar-refractivity contribution in [3.05, 3.63) is 51.2 Å². The average Bonchev–Trinajstić information content (AvgIpc) is 2.66. The Bertz CT molecular complexity index is 786. The summed E-state index contributed by atoms with van der Waals surface area (Å²) >= 11 is 13.9. The Balaban J connectivity index is 1.80. The van der Waals surface area contributed by atoms with Crippen LogP contribution in [-0.2, 0) is 0 Å². The fourth-order valence-electron chi connectivity index (χ4n) is 3.08. The third-order valence-corrected chi connectivity index (χ3v) is 6.79. The number of benzene rings is 1. The molecule has 0 aliphatic carbocycles. The van der Waals surface area contributed by atoms with E-state index in [1.54, 1.807) is 6.07 Å². The molecule has 0 saturated carbocycles. The van der Waals surface area contributed by atoms with E-state index in [1.165, 1.54) is 11.8 Å². The number of guanidine groups is 1. The second kappa shape index (κ2) is 8.75. The van der Waals surface area contributed by atoms with Crippen LogP contribution in [0.2, 0.25) is 10.0 Å². The van der Waals surface area contributed by atoms with Crippen LogP contribution in [0, 0.1) is 0 Å². The first kappa shape index (κ1) is 20.4. The van der Waals surface area contributed by atoms with Crippen LogP contribution in [0.3, 0.4) is 0 Å². The molecule has 6 nitrogen and oxygen atoms in total. The minimum Gasteiger partial charge on any atom is -0.383 e. The highest BCUT2D eigenvalue weighted by Gasteiger charge is 2.29. The van der Waals surface area contributed by atoms with Crippen LogP contribution in [0.1, 0.15) is 0 Å². The maximum atomic E-state index is 6.32. The summed E-state index contributed by atoms with van der Waals surface area (Å²) in [5.74, 6) is 1.27. The Morgan fingerprint density at radius 2 is 1.93 bits per heavy atom. The highest BCUT2D eigenvalue weighted by molar-refractivity contribution is 8.03. The molecule has 0 amide bonds. The predicted molar refractivity (Wildman–Crippen MR) is 115 cm³/mol. The molecule has 0 bridgehead atoms. The first-order valence-corrected chi connectivity index (χ1v) is 10.3. The molecule has 146 valence electrons. The van der Waals surface area contributed by atoms with Gasteiger partial charge in [-0.3, -0.25) is 4.90 Å². The Morgan fingerprint density at radius 3 is 2.59 bits per heavy atom. The summed E-state index contributed by atoms with van der Waals surface area (Å²) in [5.41, 5.74) is 12.7. The first-order valence-electron chi connectivity index (χ1n) is 8.73. The minimum absolute atomic E-state index is 0.443. The first-order chi connectivity index (χ1) is 12.9. The van der Waals surface area contributed by atoms with Crippen molar-refractivity contribution in [2.45, 2.75) is 4.90 Å². The second-order valence-electron chi connectivity index (χ2n) is 6.40. The lowest BCUT2D eigenvalue weighted by molar-refractivity contribution is 0.177. The third-order valence-electron chi connectivity index (χ3n) is 4.65. The van der Waals surface area contributed by atoms with Gasteiger partial charge in [-0.15, -0.1) is 0 Å². The second-order valence-corrected chi connectivity index (χ2v) is 8.24. The van der Waals surface area contributed by atoms with Crippen LogP contribution < -0.4 is 11.5 Å². The number of likely N-dealkylation sites (N-methyl/N-ethyl adjacent to an activating group) is 1. The van der Waals surface area contributed by atoms with Gasteiger partial charge in [-0.1, -0.05) is 47.6 Å². The van der Waals surface area contributed by atoms with Crippen LogP contribution in [-0.4, -0.2) is 67.0 Å². The number of nitrogens with zero attached hydrogens (tertiary/aromatic N) is 4. The molecule has 27 heavy (non-hydrogen) atoms. The van der Waals surface area contributed by atoms with Gasteiger partial charge in [0.2, 0.25) is 5.96 Å². The van der Waals surface area contributed by atoms with Gasteiger partial charge >= 0.3 is 0 Å². The summed E-state index contributed by atoms with van der Waals surface area (Å²) < 4.78 is 0. The highest BCUT2D eigenvalue weighted by atomic mass is 35.5. The SMILES string of the molecule is C=C1C(Sc2cccc(Cl)c2Cl)=C(N)N=C(N2CCN(CCN)CC2)N1C. The summed E-state index contributed by atoms with van der Waals surface area (Å²) in [6.07, 6.45) is 0. The fourth-order valence-corrected chi connectivity index (χ4v) is 4.52. The Labute approximate surface area is 174 Å². The number of hydrogen-bond donors (Lipinski definition) is 2. The van der Waals surface area contributed by atoms with Crippen molar-refractivity contribution < 1.29 is 0 Å². The molecule has 2 heterocycles. The molecule has 2 aliphatic heterocycles. The van der Waals surface area contributed by atoms with Crippen LogP contribution in [0.4, 0.5) is 0 Å². The summed E-state index contributed by atoms with van der Waals surface area (Å²) in [6, 6.07) is 5.52. The van der Waals surface area contributed by atoms with Crippen LogP contribution in [0.5, 0.6) is 0 Å². The Kier molecular flexibility index (Phi) is 6.60. The van der Waals surface area contributed by atoms with Crippen molar-refractivity contribution in [1.82, 2.24) is 14.7 Å². The smallest absolute Gasteiger partial charge is 0.207 e. The Morgan fingerprint density at radius 1 is 1.22 bits per heavy atom. The molecular weight excluding hydrogens is 403 g/mol. The molecule has 0 atom stereocenters. The molecular formula is C18H24Cl2N6S. The molecule has 0 aromatic heterocycles. The zero-order chi connectivity index (χ0) is 19.6. The Hall–Kier alpha value is -1.38. The number of thioether (sulfide) groups is 1. The molecule has 0 spiro atoms. The van der Waals surface area contributed by atoms with E-state index >= 15 is 0 Å². The lowest BCUT2D eigenvalue weighted by Crippen LogP contribution is -2.54. The van der Waals surface area contributed by atoms with Gasteiger partial charge in [-0.05, 0) is 12.1 Å². The summed E-state index contributed by atoms with van der Waals surface area (Å²) in [6.45, 7) is 9.50. The van der Waals surface area contributed by atoms with Gasteiger partial charge in [0, 0.05) is 51.2 Å². The zero-order valence-corrected chi connectivity index (χ0v) is 17.6. The summed E-state index contributed by atoms with van der Waals surface area (Å²) in [7, 11) is 1.96. The largest absolute Gasteiger partial charge is 0.383 e. The van der Waals surface area contributed by atoms with E-state index in [2.05, 4.69) is 21.4 Å². The van der Waals surface area contributed by atoms with E-state index in [0.717, 1.165) is 54.2 Å². The van der Waals surface area contributed by atoms with E-state index < -0.39 is 0 Å². The third kappa shape index (κ3) is 4.38. The predicted octanol–water partition coefficient (Wildman–Crippen LogP) is 2.60. The number of rotatable bonds is 4. The molecule has 1 aromatic rings. The summed E-state index contributed by atoms with van der Waals surface area (Å²) in [4.78, 5) is 12.8. The minimum atomic E-state index is 0.443. The maximum Gasteiger partial charge on any atom is 0.207 e. The normalized spacial score (nSPS) is 19.0. The lowest BCUT2D eigenvalue weighted by atomic mass is 10.3. The number of nitrogens with two attached hydrogens (primary N) is 2. The molecule has 0 unspecified atom stereocenters. The number of hydrogen-bond acceptors (Lipinski definition) is 7. The van der Waals surface area contributed by atoms with Crippen molar-refractivity contribution in [2.24, 2.45) is 16.5 Å². The van der Waals surface area contributed by atoms with Crippen LogP contribution in [0.25, 0.3) is 0 Å². The average molecular weight is 427 g/mol. The molecule has 2 aliphatic rings. The van der Waals surface area contributed by atoms with Gasteiger partial charge in [-0.25, -0.2) is 0 Å². The van der Waals surface area contributed by atoms with Crippen molar-refractivity contribution in [1.29, 1.82) is 0 Å². The van der Waals surface area contributed by atoms with E-state index in [-0.39, 0.29) is 0 Å². The molecule has 1 aromatic carbocycles. The van der Waals surface area contributed by atoms with Crippen molar-refractivity contribution in [2.75, 3.05) is 46.3 Å². The van der Waals surface area contributed by atoms with E-state index in [1.807, 2.05) is 24.1 Å². The fraction of sp³-hybridized carbons (Fsp3) is 0.389. The van der Waals surface area contributed by atoms with Gasteiger partial charge in [-0.2, -0.15) is 4.99 Å². The van der Waals surface area contributed by atoms with Crippen molar-refractivity contribution in [3.8, 4) is 0 Å². The van der Waals surface area contributed by atoms with Gasteiger partial charge in [0.15, 0.2) is 0 Å². The zero-order valence-electron chi connectivity index (χ0n) is 15.3. The van der Waals surface area contributed by atoms with Crippen LogP contribution >= 0.6 is 35.0 Å².